The smallest absolute Gasteiger partial charge is 0.230 e. The molecular formula is C24H28N4O3S2. The molecule has 1 aromatic carbocycles. The maximum Gasteiger partial charge on any atom is 0.230 e. The van der Waals surface area contributed by atoms with Crippen LogP contribution >= 0.6 is 11.3 Å². The van der Waals surface area contributed by atoms with Crippen LogP contribution in [-0.4, -0.2) is 34.9 Å². The standard InChI is InChI=1S/C24H28N4O3S2/c1-4-33(30,31)19-7-5-17(6-8-19)13-21(29)26-24-27-22-20(32-24)15-28(23(22)16(2)3)14-18-9-11-25-12-10-18/h5-12,16,23H,4,13-15H2,1-3H3,(H,26,27,29)/t23-/m0/s1. The number of aromatic nitrogens is 2. The first-order valence-electron chi connectivity index (χ1n) is 11.0. The summed E-state index contributed by atoms with van der Waals surface area (Å²) >= 11 is 1.53. The van der Waals surface area contributed by atoms with Crippen molar-refractivity contribution in [2.75, 3.05) is 11.1 Å². The summed E-state index contributed by atoms with van der Waals surface area (Å²) < 4.78 is 23.9. The third-order valence-corrected chi connectivity index (χ3v) is 8.51. The van der Waals surface area contributed by atoms with Crippen molar-refractivity contribution in [3.05, 3.63) is 70.5 Å². The van der Waals surface area contributed by atoms with Crippen LogP contribution in [0.3, 0.4) is 0 Å². The van der Waals surface area contributed by atoms with E-state index in [1.807, 2.05) is 24.5 Å². The highest BCUT2D eigenvalue weighted by atomic mass is 32.2. The van der Waals surface area contributed by atoms with Gasteiger partial charge in [0.15, 0.2) is 15.0 Å². The number of carbonyl (C=O) groups is 1. The Morgan fingerprint density at radius 3 is 2.48 bits per heavy atom. The van der Waals surface area contributed by atoms with Crippen LogP contribution in [0.5, 0.6) is 0 Å². The number of pyridine rings is 1. The predicted octanol–water partition coefficient (Wildman–Crippen LogP) is 4.23. The van der Waals surface area contributed by atoms with Gasteiger partial charge in [0.2, 0.25) is 5.91 Å². The van der Waals surface area contributed by atoms with Crippen LogP contribution in [0.4, 0.5) is 5.13 Å². The minimum Gasteiger partial charge on any atom is -0.302 e. The second-order valence-electron chi connectivity index (χ2n) is 8.55. The van der Waals surface area contributed by atoms with Crippen molar-refractivity contribution in [1.29, 1.82) is 0 Å². The zero-order valence-corrected chi connectivity index (χ0v) is 20.6. The first kappa shape index (κ1) is 23.5. The van der Waals surface area contributed by atoms with E-state index in [2.05, 4.69) is 29.0 Å². The highest BCUT2D eigenvalue weighted by Crippen LogP contribution is 2.43. The minimum atomic E-state index is -3.24. The van der Waals surface area contributed by atoms with Gasteiger partial charge >= 0.3 is 0 Å². The van der Waals surface area contributed by atoms with Gasteiger partial charge < -0.3 is 5.32 Å². The lowest BCUT2D eigenvalue weighted by molar-refractivity contribution is -0.115. The molecule has 1 aliphatic heterocycles. The van der Waals surface area contributed by atoms with E-state index in [0.29, 0.717) is 11.0 Å². The highest BCUT2D eigenvalue weighted by Gasteiger charge is 2.36. The fourth-order valence-corrected chi connectivity index (χ4v) is 6.09. The molecule has 1 atom stereocenters. The average Bonchev–Trinajstić information content (AvgIpc) is 3.31. The number of rotatable bonds is 8. The molecule has 2 aromatic heterocycles. The van der Waals surface area contributed by atoms with E-state index in [-0.39, 0.29) is 29.0 Å². The summed E-state index contributed by atoms with van der Waals surface area (Å²) in [5, 5.41) is 3.54. The summed E-state index contributed by atoms with van der Waals surface area (Å²) in [6, 6.07) is 10.8. The SMILES string of the molecule is CCS(=O)(=O)c1ccc(CC(=O)Nc2nc3c(s2)CN(Cc2ccncc2)[C@H]3C(C)C)cc1. The van der Waals surface area contributed by atoms with E-state index in [4.69, 9.17) is 4.98 Å². The van der Waals surface area contributed by atoms with Crippen molar-refractivity contribution < 1.29 is 13.2 Å². The number of sulfone groups is 1. The number of nitrogens with one attached hydrogen (secondary N) is 1. The molecule has 33 heavy (non-hydrogen) atoms. The lowest BCUT2D eigenvalue weighted by Gasteiger charge is -2.27. The Bertz CT molecular complexity index is 1220. The number of anilines is 1. The van der Waals surface area contributed by atoms with Gasteiger partial charge in [-0.2, -0.15) is 0 Å². The maximum atomic E-state index is 12.6. The van der Waals surface area contributed by atoms with Crippen LogP contribution in [-0.2, 0) is 34.1 Å². The number of thiazole rings is 1. The summed E-state index contributed by atoms with van der Waals surface area (Å²) in [6.45, 7) is 7.64. The molecule has 0 aliphatic carbocycles. The molecule has 7 nitrogen and oxygen atoms in total. The topological polar surface area (TPSA) is 92.3 Å². The molecule has 0 spiro atoms. The van der Waals surface area contributed by atoms with Crippen LogP contribution in [0.1, 0.15) is 48.5 Å². The van der Waals surface area contributed by atoms with Crippen LogP contribution < -0.4 is 5.32 Å². The second kappa shape index (κ2) is 9.70. The van der Waals surface area contributed by atoms with Crippen molar-refractivity contribution in [3.8, 4) is 0 Å². The highest BCUT2D eigenvalue weighted by molar-refractivity contribution is 7.91. The molecule has 3 heterocycles. The zero-order valence-electron chi connectivity index (χ0n) is 19.0. The summed E-state index contributed by atoms with van der Waals surface area (Å²) in [4.78, 5) is 25.4. The molecule has 0 saturated carbocycles. The maximum absolute atomic E-state index is 12.6. The van der Waals surface area contributed by atoms with E-state index in [1.54, 1.807) is 31.2 Å². The molecular weight excluding hydrogens is 456 g/mol. The Labute approximate surface area is 198 Å². The second-order valence-corrected chi connectivity index (χ2v) is 11.9. The average molecular weight is 485 g/mol. The normalized spacial score (nSPS) is 16.2. The fraction of sp³-hybridized carbons (Fsp3) is 0.375. The van der Waals surface area contributed by atoms with Crippen LogP contribution in [0.15, 0.2) is 53.7 Å². The number of carbonyl (C=O) groups excluding carboxylic acids is 1. The van der Waals surface area contributed by atoms with Gasteiger partial charge in [0.1, 0.15) is 0 Å². The monoisotopic (exact) mass is 484 g/mol. The molecule has 0 fully saturated rings. The number of hydrogen-bond acceptors (Lipinski definition) is 7. The lowest BCUT2D eigenvalue weighted by atomic mass is 10.0. The van der Waals surface area contributed by atoms with Gasteiger partial charge in [-0.25, -0.2) is 13.4 Å². The van der Waals surface area contributed by atoms with Gasteiger partial charge in [0, 0.05) is 30.4 Å². The number of hydrogen-bond donors (Lipinski definition) is 1. The zero-order chi connectivity index (χ0) is 23.6. The molecule has 4 rings (SSSR count). The van der Waals surface area contributed by atoms with Gasteiger partial charge in [-0.15, -0.1) is 11.3 Å². The molecule has 0 radical (unpaired) electrons. The van der Waals surface area contributed by atoms with E-state index < -0.39 is 9.84 Å². The Balaban J connectivity index is 1.42. The molecule has 0 saturated heterocycles. The summed E-state index contributed by atoms with van der Waals surface area (Å²) in [5.74, 6) is 0.277. The van der Waals surface area contributed by atoms with Gasteiger partial charge in [-0.3, -0.25) is 14.7 Å². The number of fused-ring (bicyclic) bond motifs is 1. The fourth-order valence-electron chi connectivity index (χ4n) is 4.16. The summed E-state index contributed by atoms with van der Waals surface area (Å²) in [7, 11) is -3.24. The van der Waals surface area contributed by atoms with Crippen molar-refractivity contribution in [2.24, 2.45) is 5.92 Å². The van der Waals surface area contributed by atoms with Gasteiger partial charge in [0.25, 0.3) is 0 Å². The molecule has 174 valence electrons. The molecule has 0 bridgehead atoms. The van der Waals surface area contributed by atoms with Gasteiger partial charge in [0.05, 0.1) is 28.8 Å². The van der Waals surface area contributed by atoms with Crippen molar-refractivity contribution in [2.45, 2.75) is 51.2 Å². The third-order valence-electron chi connectivity index (χ3n) is 5.79. The summed E-state index contributed by atoms with van der Waals surface area (Å²) in [5.41, 5.74) is 3.03. The largest absolute Gasteiger partial charge is 0.302 e. The first-order chi connectivity index (χ1) is 15.8. The van der Waals surface area contributed by atoms with E-state index >= 15 is 0 Å². The first-order valence-corrected chi connectivity index (χ1v) is 13.5. The van der Waals surface area contributed by atoms with Crippen molar-refractivity contribution in [3.63, 3.8) is 0 Å². The van der Waals surface area contributed by atoms with E-state index in [0.717, 1.165) is 24.3 Å². The van der Waals surface area contributed by atoms with Gasteiger partial charge in [-0.05, 0) is 41.3 Å². The minimum absolute atomic E-state index is 0.0545. The van der Waals surface area contributed by atoms with Crippen molar-refractivity contribution >= 4 is 32.2 Å². The van der Waals surface area contributed by atoms with Crippen molar-refractivity contribution in [1.82, 2.24) is 14.9 Å². The van der Waals surface area contributed by atoms with E-state index in [1.165, 1.54) is 21.8 Å². The number of benzene rings is 1. The molecule has 1 amide bonds. The molecule has 3 aromatic rings. The number of nitrogens with zero attached hydrogens (tertiary/aromatic N) is 3. The Morgan fingerprint density at radius 1 is 1.15 bits per heavy atom. The van der Waals surface area contributed by atoms with Crippen LogP contribution in [0.25, 0.3) is 0 Å². The quantitative estimate of drug-likeness (QED) is 0.515. The van der Waals surface area contributed by atoms with Crippen LogP contribution in [0, 0.1) is 5.92 Å². The van der Waals surface area contributed by atoms with Crippen LogP contribution in [0.2, 0.25) is 0 Å². The molecule has 0 unspecified atom stereocenters. The Kier molecular flexibility index (Phi) is 6.92. The molecule has 9 heteroatoms. The number of amides is 1. The Morgan fingerprint density at radius 2 is 1.85 bits per heavy atom. The molecule has 1 N–H and O–H groups in total. The van der Waals surface area contributed by atoms with E-state index in [9.17, 15) is 13.2 Å². The van der Waals surface area contributed by atoms with Gasteiger partial charge in [-0.1, -0.05) is 32.9 Å². The predicted molar refractivity (Wildman–Crippen MR) is 130 cm³/mol. The summed E-state index contributed by atoms with van der Waals surface area (Å²) in [6.07, 6.45) is 3.79. The lowest BCUT2D eigenvalue weighted by Crippen LogP contribution is -2.26. The molecule has 1 aliphatic rings. The Hall–Kier alpha value is -2.62. The third kappa shape index (κ3) is 5.31.